The molecule has 0 saturated heterocycles. The normalized spacial score (nSPS) is 12.7. The van der Waals surface area contributed by atoms with Crippen molar-refractivity contribution in [2.45, 2.75) is 19.4 Å². The molecule has 0 aliphatic rings. The fraction of sp³-hybridized carbons (Fsp3) is 0.333. The van der Waals surface area contributed by atoms with E-state index >= 15 is 0 Å². The van der Waals surface area contributed by atoms with Crippen LogP contribution in [0.2, 0.25) is 5.02 Å². The second-order valence-corrected chi connectivity index (χ2v) is 5.26. The summed E-state index contributed by atoms with van der Waals surface area (Å²) in [4.78, 5) is 4.11. The summed E-state index contributed by atoms with van der Waals surface area (Å²) < 4.78 is 2.66. The highest BCUT2D eigenvalue weighted by Crippen LogP contribution is 2.27. The van der Waals surface area contributed by atoms with Gasteiger partial charge in [-0.05, 0) is 35.0 Å². The highest BCUT2D eigenvalue weighted by Gasteiger charge is 2.18. The molecule has 96 valence electrons. The number of aryl methyl sites for hydroxylation is 2. The van der Waals surface area contributed by atoms with Gasteiger partial charge in [0.15, 0.2) is 0 Å². The number of aromatic nitrogens is 3. The van der Waals surface area contributed by atoms with E-state index < -0.39 is 6.10 Å². The zero-order valence-corrected chi connectivity index (χ0v) is 12.4. The fourth-order valence-corrected chi connectivity index (χ4v) is 2.57. The summed E-state index contributed by atoms with van der Waals surface area (Å²) in [5.74, 6) is 0. The first-order valence-electron chi connectivity index (χ1n) is 5.47. The summed E-state index contributed by atoms with van der Waals surface area (Å²) in [6.07, 6.45) is 1.28. The summed E-state index contributed by atoms with van der Waals surface area (Å²) in [7, 11) is 1.85. The maximum absolute atomic E-state index is 10.2. The number of rotatable bonds is 3. The molecule has 0 amide bonds. The van der Waals surface area contributed by atoms with Gasteiger partial charge in [0.25, 0.3) is 0 Å². The van der Waals surface area contributed by atoms with Crippen LogP contribution in [0.1, 0.15) is 23.2 Å². The number of hydrogen-bond donors (Lipinski definition) is 1. The van der Waals surface area contributed by atoms with E-state index in [1.165, 1.54) is 0 Å². The van der Waals surface area contributed by atoms with E-state index in [4.69, 9.17) is 11.6 Å². The van der Waals surface area contributed by atoms with Gasteiger partial charge in [0, 0.05) is 19.7 Å². The number of pyridine rings is 1. The molecular formula is C12H13BrClN3O. The summed E-state index contributed by atoms with van der Waals surface area (Å²) in [6.45, 7) is 1.91. The second-order valence-electron chi connectivity index (χ2n) is 4.06. The molecule has 2 rings (SSSR count). The van der Waals surface area contributed by atoms with Gasteiger partial charge in [0.2, 0.25) is 0 Å². The van der Waals surface area contributed by atoms with Gasteiger partial charge in [-0.2, -0.15) is 5.10 Å². The van der Waals surface area contributed by atoms with Gasteiger partial charge < -0.3 is 5.11 Å². The molecule has 0 aromatic carbocycles. The van der Waals surface area contributed by atoms with Crippen LogP contribution in [0.15, 0.2) is 22.8 Å². The quantitative estimate of drug-likeness (QED) is 0.941. The summed E-state index contributed by atoms with van der Waals surface area (Å²) in [5, 5.41) is 15.0. The van der Waals surface area contributed by atoms with Crippen molar-refractivity contribution in [3.63, 3.8) is 0 Å². The summed E-state index contributed by atoms with van der Waals surface area (Å²) >= 11 is 9.49. The molecule has 2 aromatic rings. The lowest BCUT2D eigenvalue weighted by molar-refractivity contribution is 0.171. The van der Waals surface area contributed by atoms with Crippen LogP contribution in [-0.4, -0.2) is 19.9 Å². The largest absolute Gasteiger partial charge is 0.386 e. The van der Waals surface area contributed by atoms with Gasteiger partial charge in [-0.3, -0.25) is 9.67 Å². The Bertz CT molecular complexity index is 570. The van der Waals surface area contributed by atoms with Gasteiger partial charge in [-0.25, -0.2) is 0 Å². The van der Waals surface area contributed by atoms with Crippen LogP contribution in [0.3, 0.4) is 0 Å². The molecule has 1 atom stereocenters. The monoisotopic (exact) mass is 329 g/mol. The molecule has 0 saturated carbocycles. The molecule has 1 unspecified atom stereocenters. The van der Waals surface area contributed by atoms with Crippen LogP contribution >= 0.6 is 27.5 Å². The number of aliphatic hydroxyl groups is 1. The van der Waals surface area contributed by atoms with E-state index in [-0.39, 0.29) is 0 Å². The minimum Gasteiger partial charge on any atom is -0.386 e. The molecule has 0 aliphatic heterocycles. The van der Waals surface area contributed by atoms with Gasteiger partial charge in [0.1, 0.15) is 6.10 Å². The van der Waals surface area contributed by atoms with Crippen LogP contribution in [0.5, 0.6) is 0 Å². The smallest absolute Gasteiger partial charge is 0.103 e. The van der Waals surface area contributed by atoms with Crippen LogP contribution in [0.25, 0.3) is 0 Å². The van der Waals surface area contributed by atoms with Gasteiger partial charge >= 0.3 is 0 Å². The molecule has 2 heterocycles. The van der Waals surface area contributed by atoms with Crippen LogP contribution in [0.4, 0.5) is 0 Å². The van der Waals surface area contributed by atoms with Crippen LogP contribution in [-0.2, 0) is 13.5 Å². The first-order valence-corrected chi connectivity index (χ1v) is 6.64. The predicted octanol–water partition coefficient (Wildman–Crippen LogP) is 2.82. The van der Waals surface area contributed by atoms with Crippen molar-refractivity contribution in [2.24, 2.45) is 7.05 Å². The molecule has 6 heteroatoms. The first kappa shape index (κ1) is 13.5. The molecule has 2 aromatic heterocycles. The zero-order chi connectivity index (χ0) is 13.3. The van der Waals surface area contributed by atoms with E-state index in [2.05, 4.69) is 26.0 Å². The minimum absolute atomic E-state index is 0.411. The Kier molecular flexibility index (Phi) is 4.04. The van der Waals surface area contributed by atoms with Gasteiger partial charge in [-0.1, -0.05) is 11.6 Å². The molecule has 4 nitrogen and oxygen atoms in total. The first-order chi connectivity index (χ1) is 8.50. The molecule has 18 heavy (non-hydrogen) atoms. The van der Waals surface area contributed by atoms with Crippen molar-refractivity contribution in [1.82, 2.24) is 14.8 Å². The van der Waals surface area contributed by atoms with Gasteiger partial charge in [0.05, 0.1) is 26.6 Å². The number of nitrogens with zero attached hydrogens (tertiary/aromatic N) is 3. The molecular weight excluding hydrogens is 318 g/mol. The Balaban J connectivity index is 2.27. The standard InChI is InChI=1S/C12H13BrClN3O/c1-7-11(13)9(17(2)16-7)6-10(18)12-8(14)4-3-5-15-12/h3-5,10,18H,6H2,1-2H3. The maximum Gasteiger partial charge on any atom is 0.103 e. The van der Waals surface area contributed by atoms with Crippen molar-refractivity contribution in [1.29, 1.82) is 0 Å². The Labute approximate surface area is 119 Å². The SMILES string of the molecule is Cc1nn(C)c(CC(O)c2ncccc2Cl)c1Br. The highest BCUT2D eigenvalue weighted by molar-refractivity contribution is 9.10. The van der Waals surface area contributed by atoms with E-state index in [1.807, 2.05) is 14.0 Å². The Hall–Kier alpha value is -0.910. The minimum atomic E-state index is -0.746. The average Bonchev–Trinajstić information content (AvgIpc) is 2.56. The third-order valence-corrected chi connectivity index (χ3v) is 4.10. The Morgan fingerprint density at radius 2 is 2.28 bits per heavy atom. The third kappa shape index (κ3) is 2.58. The lowest BCUT2D eigenvalue weighted by atomic mass is 10.1. The summed E-state index contributed by atoms with van der Waals surface area (Å²) in [6, 6.07) is 3.46. The Morgan fingerprint density at radius 3 is 2.83 bits per heavy atom. The summed E-state index contributed by atoms with van der Waals surface area (Å²) in [5.41, 5.74) is 2.30. The van der Waals surface area contributed by atoms with Crippen molar-refractivity contribution in [3.05, 3.63) is 44.9 Å². The van der Waals surface area contributed by atoms with E-state index in [0.717, 1.165) is 15.9 Å². The lowest BCUT2D eigenvalue weighted by Crippen LogP contribution is -2.08. The second kappa shape index (κ2) is 5.38. The average molecular weight is 331 g/mol. The van der Waals surface area contributed by atoms with E-state index in [0.29, 0.717) is 17.1 Å². The van der Waals surface area contributed by atoms with Crippen molar-refractivity contribution < 1.29 is 5.11 Å². The van der Waals surface area contributed by atoms with E-state index in [1.54, 1.807) is 23.0 Å². The molecule has 0 fully saturated rings. The number of aliphatic hydroxyl groups excluding tert-OH is 1. The number of hydrogen-bond acceptors (Lipinski definition) is 3. The fourth-order valence-electron chi connectivity index (χ4n) is 1.82. The highest BCUT2D eigenvalue weighted by atomic mass is 79.9. The molecule has 0 spiro atoms. The maximum atomic E-state index is 10.2. The molecule has 0 radical (unpaired) electrons. The van der Waals surface area contributed by atoms with Crippen molar-refractivity contribution in [3.8, 4) is 0 Å². The Morgan fingerprint density at radius 1 is 1.56 bits per heavy atom. The van der Waals surface area contributed by atoms with Crippen molar-refractivity contribution >= 4 is 27.5 Å². The van der Waals surface area contributed by atoms with Crippen LogP contribution in [0, 0.1) is 6.92 Å². The van der Waals surface area contributed by atoms with E-state index in [9.17, 15) is 5.11 Å². The van der Waals surface area contributed by atoms with Gasteiger partial charge in [-0.15, -0.1) is 0 Å². The third-order valence-electron chi connectivity index (χ3n) is 2.75. The molecule has 1 N–H and O–H groups in total. The molecule has 0 aliphatic carbocycles. The zero-order valence-electron chi connectivity index (χ0n) is 10.1. The molecule has 0 bridgehead atoms. The van der Waals surface area contributed by atoms with Crippen molar-refractivity contribution in [2.75, 3.05) is 0 Å². The van der Waals surface area contributed by atoms with Crippen LogP contribution < -0.4 is 0 Å². The lowest BCUT2D eigenvalue weighted by Gasteiger charge is -2.12. The topological polar surface area (TPSA) is 50.9 Å². The predicted molar refractivity (Wildman–Crippen MR) is 73.6 cm³/mol. The number of halogens is 2.